The Morgan fingerprint density at radius 3 is 2.30 bits per heavy atom. The summed E-state index contributed by atoms with van der Waals surface area (Å²) in [7, 11) is 0. The van der Waals surface area contributed by atoms with Gasteiger partial charge >= 0.3 is 0 Å². The number of rotatable bonds is 3. The highest BCUT2D eigenvalue weighted by Gasteiger charge is 2.12. The third kappa shape index (κ3) is 3.19. The van der Waals surface area contributed by atoms with Gasteiger partial charge in [0.05, 0.1) is 5.69 Å². The maximum absolute atomic E-state index is 13.5. The van der Waals surface area contributed by atoms with E-state index in [2.05, 4.69) is 15.3 Å². The van der Waals surface area contributed by atoms with Crippen molar-refractivity contribution in [3.05, 3.63) is 46.6 Å². The minimum Gasteiger partial charge on any atom is -0.338 e. The van der Waals surface area contributed by atoms with Crippen LogP contribution in [0.15, 0.2) is 18.2 Å². The van der Waals surface area contributed by atoms with Gasteiger partial charge in [0.25, 0.3) is 0 Å². The second kappa shape index (κ2) is 5.66. The Morgan fingerprint density at radius 2 is 1.65 bits per heavy atom. The van der Waals surface area contributed by atoms with Crippen LogP contribution in [0.2, 0.25) is 5.15 Å². The van der Waals surface area contributed by atoms with Gasteiger partial charge < -0.3 is 5.32 Å². The summed E-state index contributed by atoms with van der Waals surface area (Å²) in [6, 6.07) is 2.55. The minimum absolute atomic E-state index is 0.0176. The molecule has 0 unspecified atom stereocenters. The summed E-state index contributed by atoms with van der Waals surface area (Å²) in [5.41, 5.74) is -0.228. The largest absolute Gasteiger partial charge is 0.338 e. The smallest absolute Gasteiger partial charge is 0.161 e. The summed E-state index contributed by atoms with van der Waals surface area (Å²) in [5, 5.41) is 2.73. The summed E-state index contributed by atoms with van der Waals surface area (Å²) >= 11 is 5.84. The molecule has 0 aliphatic carbocycles. The van der Waals surface area contributed by atoms with E-state index in [1.54, 1.807) is 0 Å². The quantitative estimate of drug-likeness (QED) is 0.674. The summed E-state index contributed by atoms with van der Waals surface area (Å²) in [5.74, 6) is -2.65. The summed E-state index contributed by atoms with van der Waals surface area (Å²) in [4.78, 5) is 8.15. The molecule has 0 aliphatic heterocycles. The van der Waals surface area contributed by atoms with Crippen LogP contribution in [0.25, 0.3) is 0 Å². The van der Waals surface area contributed by atoms with Gasteiger partial charge in [0.15, 0.2) is 11.6 Å². The molecule has 0 bridgehead atoms. The van der Waals surface area contributed by atoms with Crippen LogP contribution in [-0.2, 0) is 0 Å². The first-order valence-corrected chi connectivity index (χ1v) is 6.20. The molecule has 0 saturated carbocycles. The summed E-state index contributed by atoms with van der Waals surface area (Å²) in [6.45, 7) is 3.74. The number of hydrogen-bond acceptors (Lipinski definition) is 3. The molecule has 20 heavy (non-hydrogen) atoms. The first kappa shape index (κ1) is 14.6. The minimum atomic E-state index is -1.25. The van der Waals surface area contributed by atoms with E-state index in [-0.39, 0.29) is 22.6 Å². The van der Waals surface area contributed by atoms with E-state index in [4.69, 9.17) is 11.6 Å². The molecule has 0 spiro atoms. The molecular weight excluding hydrogens is 291 g/mol. The second-order valence-corrected chi connectivity index (χ2v) is 4.85. The highest BCUT2D eigenvalue weighted by molar-refractivity contribution is 6.29. The van der Waals surface area contributed by atoms with E-state index >= 15 is 0 Å². The first-order chi connectivity index (χ1) is 9.36. The third-order valence-corrected chi connectivity index (χ3v) is 2.69. The van der Waals surface area contributed by atoms with Crippen LogP contribution in [-0.4, -0.2) is 9.97 Å². The predicted octanol–water partition coefficient (Wildman–Crippen LogP) is 4.41. The molecule has 1 N–H and O–H groups in total. The zero-order valence-corrected chi connectivity index (χ0v) is 11.5. The lowest BCUT2D eigenvalue weighted by Crippen LogP contribution is -2.03. The number of nitrogens with zero attached hydrogens (tertiary/aromatic N) is 2. The highest BCUT2D eigenvalue weighted by Crippen LogP contribution is 2.24. The van der Waals surface area contributed by atoms with E-state index in [1.165, 1.54) is 6.07 Å². The van der Waals surface area contributed by atoms with Gasteiger partial charge in [-0.15, -0.1) is 0 Å². The highest BCUT2D eigenvalue weighted by atomic mass is 35.5. The Bertz CT molecular complexity index is 647. The topological polar surface area (TPSA) is 37.8 Å². The van der Waals surface area contributed by atoms with Crippen LogP contribution in [0, 0.1) is 17.5 Å². The molecule has 1 aromatic heterocycles. The van der Waals surface area contributed by atoms with Gasteiger partial charge in [0.2, 0.25) is 0 Å². The van der Waals surface area contributed by atoms with Gasteiger partial charge in [-0.25, -0.2) is 23.1 Å². The van der Waals surface area contributed by atoms with E-state index in [1.807, 2.05) is 13.8 Å². The van der Waals surface area contributed by atoms with Gasteiger partial charge in [-0.2, -0.15) is 0 Å². The predicted molar refractivity (Wildman–Crippen MR) is 70.7 cm³/mol. The maximum atomic E-state index is 13.5. The van der Waals surface area contributed by atoms with Crippen molar-refractivity contribution in [1.82, 2.24) is 9.97 Å². The van der Waals surface area contributed by atoms with E-state index < -0.39 is 17.5 Å². The normalized spacial score (nSPS) is 10.9. The van der Waals surface area contributed by atoms with Crippen molar-refractivity contribution < 1.29 is 13.2 Å². The lowest BCUT2D eigenvalue weighted by molar-refractivity contribution is 0.496. The zero-order valence-electron chi connectivity index (χ0n) is 10.7. The van der Waals surface area contributed by atoms with Crippen molar-refractivity contribution in [2.24, 2.45) is 0 Å². The van der Waals surface area contributed by atoms with Crippen molar-refractivity contribution in [2.45, 2.75) is 19.8 Å². The van der Waals surface area contributed by atoms with Gasteiger partial charge in [-0.05, 0) is 0 Å². The van der Waals surface area contributed by atoms with E-state index in [9.17, 15) is 13.2 Å². The number of nitrogens with one attached hydrogen (secondary N) is 1. The zero-order chi connectivity index (χ0) is 14.9. The molecule has 0 fully saturated rings. The number of halogens is 4. The summed E-state index contributed by atoms with van der Waals surface area (Å²) < 4.78 is 39.5. The monoisotopic (exact) mass is 301 g/mol. The van der Waals surface area contributed by atoms with E-state index in [0.717, 1.165) is 6.07 Å². The number of aromatic nitrogens is 2. The Hall–Kier alpha value is -1.82. The second-order valence-electron chi connectivity index (χ2n) is 4.46. The Kier molecular flexibility index (Phi) is 4.13. The molecule has 0 atom stereocenters. The molecule has 0 radical (unpaired) electrons. The lowest BCUT2D eigenvalue weighted by atomic mass is 10.2. The van der Waals surface area contributed by atoms with Gasteiger partial charge in [-0.1, -0.05) is 25.4 Å². The molecule has 0 saturated heterocycles. The molecule has 2 rings (SSSR count). The Balaban J connectivity index is 2.37. The molecule has 1 heterocycles. The Morgan fingerprint density at radius 1 is 1.00 bits per heavy atom. The Labute approximate surface area is 118 Å². The van der Waals surface area contributed by atoms with Crippen molar-refractivity contribution in [3.63, 3.8) is 0 Å². The molecule has 0 amide bonds. The van der Waals surface area contributed by atoms with Crippen LogP contribution in [0.3, 0.4) is 0 Å². The van der Waals surface area contributed by atoms with Crippen LogP contribution in [0.5, 0.6) is 0 Å². The van der Waals surface area contributed by atoms with Crippen LogP contribution in [0.1, 0.15) is 25.6 Å². The lowest BCUT2D eigenvalue weighted by Gasteiger charge is -2.10. The number of benzene rings is 1. The van der Waals surface area contributed by atoms with Crippen molar-refractivity contribution >= 4 is 23.1 Å². The average molecular weight is 302 g/mol. The van der Waals surface area contributed by atoms with Gasteiger partial charge in [0, 0.05) is 24.1 Å². The molecular formula is C13H11ClF3N3. The van der Waals surface area contributed by atoms with Crippen molar-refractivity contribution in [2.75, 3.05) is 5.32 Å². The maximum Gasteiger partial charge on any atom is 0.161 e. The first-order valence-electron chi connectivity index (χ1n) is 5.83. The molecule has 106 valence electrons. The SMILES string of the molecule is CC(C)c1nc(Cl)cc(Nc2cc(F)c(F)cc2F)n1. The molecule has 3 nitrogen and oxygen atoms in total. The van der Waals surface area contributed by atoms with Gasteiger partial charge in [0.1, 0.15) is 22.6 Å². The third-order valence-electron chi connectivity index (χ3n) is 2.50. The molecule has 1 aromatic carbocycles. The number of hydrogen-bond donors (Lipinski definition) is 1. The van der Waals surface area contributed by atoms with E-state index in [0.29, 0.717) is 11.9 Å². The fourth-order valence-corrected chi connectivity index (χ4v) is 1.70. The fourth-order valence-electron chi connectivity index (χ4n) is 1.51. The fraction of sp³-hybridized carbons (Fsp3) is 0.231. The van der Waals surface area contributed by atoms with Crippen LogP contribution >= 0.6 is 11.6 Å². The molecule has 2 aromatic rings. The van der Waals surface area contributed by atoms with Crippen molar-refractivity contribution in [3.8, 4) is 0 Å². The molecule has 7 heteroatoms. The van der Waals surface area contributed by atoms with Crippen LogP contribution in [0.4, 0.5) is 24.7 Å². The standard InChI is InChI=1S/C13H11ClF3N3/c1-6(2)13-19-11(14)5-12(20-13)18-10-4-8(16)7(15)3-9(10)17/h3-6H,1-2H3,(H,18,19,20). The van der Waals surface area contributed by atoms with Crippen LogP contribution < -0.4 is 5.32 Å². The average Bonchev–Trinajstić information content (AvgIpc) is 2.35. The van der Waals surface area contributed by atoms with Gasteiger partial charge in [-0.3, -0.25) is 0 Å². The van der Waals surface area contributed by atoms with Crippen molar-refractivity contribution in [1.29, 1.82) is 0 Å². The number of anilines is 2. The molecule has 0 aliphatic rings. The summed E-state index contributed by atoms with van der Waals surface area (Å²) in [6.07, 6.45) is 0.